The summed E-state index contributed by atoms with van der Waals surface area (Å²) >= 11 is 12.0. The van der Waals surface area contributed by atoms with Crippen molar-refractivity contribution in [3.8, 4) is 16.9 Å². The molecule has 0 atom stereocenters. The number of rotatable bonds is 4. The van der Waals surface area contributed by atoms with Crippen LogP contribution in [0.25, 0.3) is 16.9 Å². The van der Waals surface area contributed by atoms with E-state index in [-0.39, 0.29) is 12.1 Å². The zero-order valence-electron chi connectivity index (χ0n) is 16.1. The lowest BCUT2D eigenvalue weighted by molar-refractivity contribution is -0.141. The van der Waals surface area contributed by atoms with Crippen molar-refractivity contribution >= 4 is 34.9 Å². The number of alkyl halides is 3. The molecular formula is C22H15Cl2F3N4O. The SMILES string of the molecule is O=C(Nc1ccc(Cl)cn1)c1ccc(-c2cc(C(F)(F)F)nn2-c2ccccc2Cl)cc1.[HH]. The van der Waals surface area contributed by atoms with Crippen LogP contribution in [0.4, 0.5) is 19.0 Å². The first-order chi connectivity index (χ1) is 15.2. The molecule has 32 heavy (non-hydrogen) atoms. The fourth-order valence-corrected chi connectivity index (χ4v) is 3.29. The van der Waals surface area contributed by atoms with Gasteiger partial charge < -0.3 is 5.32 Å². The second kappa shape index (κ2) is 8.64. The average molecular weight is 479 g/mol. The Bertz CT molecular complexity index is 1280. The van der Waals surface area contributed by atoms with Gasteiger partial charge in [-0.15, -0.1) is 0 Å². The van der Waals surface area contributed by atoms with Gasteiger partial charge in [0.1, 0.15) is 5.82 Å². The molecule has 0 unspecified atom stereocenters. The van der Waals surface area contributed by atoms with Gasteiger partial charge in [0.05, 0.1) is 21.4 Å². The van der Waals surface area contributed by atoms with Crippen LogP contribution in [0.1, 0.15) is 17.5 Å². The fourth-order valence-electron chi connectivity index (χ4n) is 2.96. The maximum absolute atomic E-state index is 13.3. The van der Waals surface area contributed by atoms with E-state index in [1.54, 1.807) is 36.4 Å². The smallest absolute Gasteiger partial charge is 0.307 e. The van der Waals surface area contributed by atoms with Gasteiger partial charge in [0.15, 0.2) is 5.69 Å². The normalized spacial score (nSPS) is 11.4. The van der Waals surface area contributed by atoms with E-state index < -0.39 is 17.8 Å². The van der Waals surface area contributed by atoms with Gasteiger partial charge in [0.2, 0.25) is 0 Å². The largest absolute Gasteiger partial charge is 0.435 e. The molecule has 2 aromatic heterocycles. The molecule has 0 saturated heterocycles. The number of carbonyl (C=O) groups excluding carboxylic acids is 1. The summed E-state index contributed by atoms with van der Waals surface area (Å²) in [6.07, 6.45) is -3.24. The number of hydrogen-bond acceptors (Lipinski definition) is 3. The summed E-state index contributed by atoms with van der Waals surface area (Å²) in [5.74, 6) is -0.114. The number of pyridine rings is 1. The Morgan fingerprint density at radius 2 is 1.72 bits per heavy atom. The molecule has 10 heteroatoms. The zero-order chi connectivity index (χ0) is 22.9. The third-order valence-corrected chi connectivity index (χ3v) is 5.04. The van der Waals surface area contributed by atoms with E-state index in [0.717, 1.165) is 10.7 Å². The maximum Gasteiger partial charge on any atom is 0.435 e. The van der Waals surface area contributed by atoms with Crippen LogP contribution in [0, 0.1) is 0 Å². The van der Waals surface area contributed by atoms with Crippen LogP contribution in [0.2, 0.25) is 10.0 Å². The van der Waals surface area contributed by atoms with Gasteiger partial charge in [-0.3, -0.25) is 4.79 Å². The first-order valence-electron chi connectivity index (χ1n) is 9.18. The topological polar surface area (TPSA) is 59.8 Å². The number of amides is 1. The van der Waals surface area contributed by atoms with Gasteiger partial charge in [-0.2, -0.15) is 18.3 Å². The zero-order valence-corrected chi connectivity index (χ0v) is 17.6. The number of benzene rings is 2. The minimum Gasteiger partial charge on any atom is -0.307 e. The maximum atomic E-state index is 13.3. The number of anilines is 1. The van der Waals surface area contributed by atoms with E-state index >= 15 is 0 Å². The Morgan fingerprint density at radius 3 is 2.34 bits per heavy atom. The average Bonchev–Trinajstić information content (AvgIpc) is 3.21. The van der Waals surface area contributed by atoms with E-state index in [1.807, 2.05) is 0 Å². The van der Waals surface area contributed by atoms with Crippen molar-refractivity contribution in [1.29, 1.82) is 0 Å². The highest BCUT2D eigenvalue weighted by Crippen LogP contribution is 2.34. The van der Waals surface area contributed by atoms with Crippen molar-refractivity contribution in [2.45, 2.75) is 6.18 Å². The van der Waals surface area contributed by atoms with Gasteiger partial charge in [-0.1, -0.05) is 47.5 Å². The van der Waals surface area contributed by atoms with Crippen LogP contribution >= 0.6 is 23.2 Å². The minimum atomic E-state index is -4.63. The molecule has 5 nitrogen and oxygen atoms in total. The van der Waals surface area contributed by atoms with Gasteiger partial charge in [-0.25, -0.2) is 9.67 Å². The van der Waals surface area contributed by atoms with Crippen LogP contribution in [-0.4, -0.2) is 20.7 Å². The van der Waals surface area contributed by atoms with E-state index in [4.69, 9.17) is 23.2 Å². The highest BCUT2D eigenvalue weighted by molar-refractivity contribution is 6.32. The van der Waals surface area contributed by atoms with E-state index in [2.05, 4.69) is 15.4 Å². The summed E-state index contributed by atoms with van der Waals surface area (Å²) < 4.78 is 41.2. The number of nitrogens with one attached hydrogen (secondary N) is 1. The van der Waals surface area contributed by atoms with Crippen molar-refractivity contribution in [3.63, 3.8) is 0 Å². The summed E-state index contributed by atoms with van der Waals surface area (Å²) in [5, 5.41) is 7.02. The van der Waals surface area contributed by atoms with E-state index in [9.17, 15) is 18.0 Å². The Hall–Kier alpha value is -3.36. The Kier molecular flexibility index (Phi) is 5.90. The second-order valence-electron chi connectivity index (χ2n) is 6.67. The second-order valence-corrected chi connectivity index (χ2v) is 7.51. The molecule has 0 saturated carbocycles. The Labute approximate surface area is 191 Å². The van der Waals surface area contributed by atoms with Gasteiger partial charge in [0, 0.05) is 18.8 Å². The molecule has 0 radical (unpaired) electrons. The standard InChI is InChI=1S/C22H13Cl2F3N4O.H2/c23-15-9-10-20(28-12-15)29-21(32)14-7-5-13(6-8-14)18-11-19(22(25,26)27)30-31(18)17-4-2-1-3-16(17)24;/h1-12H,(H,28,29,32);1H. The number of para-hydroxylation sites is 1. The highest BCUT2D eigenvalue weighted by atomic mass is 35.5. The first kappa shape index (κ1) is 21.9. The predicted octanol–water partition coefficient (Wildman–Crippen LogP) is 6.76. The van der Waals surface area contributed by atoms with Crippen LogP contribution in [0.5, 0.6) is 0 Å². The molecule has 2 aromatic carbocycles. The van der Waals surface area contributed by atoms with Crippen LogP contribution in [0.3, 0.4) is 0 Å². The molecule has 0 bridgehead atoms. The third-order valence-electron chi connectivity index (χ3n) is 4.49. The third kappa shape index (κ3) is 4.61. The summed E-state index contributed by atoms with van der Waals surface area (Å²) in [6.45, 7) is 0. The van der Waals surface area contributed by atoms with Crippen LogP contribution in [0.15, 0.2) is 72.9 Å². The lowest BCUT2D eigenvalue weighted by atomic mass is 10.1. The molecule has 164 valence electrons. The van der Waals surface area contributed by atoms with Gasteiger partial charge in [0.25, 0.3) is 5.91 Å². The summed E-state index contributed by atoms with van der Waals surface area (Å²) in [7, 11) is 0. The van der Waals surface area contributed by atoms with Crippen molar-refractivity contribution in [1.82, 2.24) is 14.8 Å². The molecule has 4 rings (SSSR count). The van der Waals surface area contributed by atoms with E-state index in [1.165, 1.54) is 30.5 Å². The number of hydrogen-bond donors (Lipinski definition) is 1. The first-order valence-corrected chi connectivity index (χ1v) is 9.93. The fraction of sp³-hybridized carbons (Fsp3) is 0.0455. The molecule has 0 aliphatic carbocycles. The molecule has 0 fully saturated rings. The van der Waals surface area contributed by atoms with Crippen molar-refractivity contribution < 1.29 is 19.4 Å². The number of aromatic nitrogens is 3. The van der Waals surface area contributed by atoms with Crippen LogP contribution < -0.4 is 5.32 Å². The molecule has 1 amide bonds. The lowest BCUT2D eigenvalue weighted by Gasteiger charge is -2.10. The quantitative estimate of drug-likeness (QED) is 0.352. The van der Waals surface area contributed by atoms with Crippen molar-refractivity contribution in [3.05, 3.63) is 94.2 Å². The molecule has 2 heterocycles. The molecule has 1 N–H and O–H groups in total. The Morgan fingerprint density at radius 1 is 1.00 bits per heavy atom. The lowest BCUT2D eigenvalue weighted by Crippen LogP contribution is -2.12. The minimum absolute atomic E-state index is 0. The van der Waals surface area contributed by atoms with Crippen LogP contribution in [-0.2, 0) is 6.18 Å². The summed E-state index contributed by atoms with van der Waals surface area (Å²) in [5.41, 5.74) is 0.148. The van der Waals surface area contributed by atoms with Gasteiger partial charge in [-0.05, 0) is 42.5 Å². The predicted molar refractivity (Wildman–Crippen MR) is 118 cm³/mol. The number of carbonyl (C=O) groups is 1. The number of halogens is 5. The van der Waals surface area contributed by atoms with E-state index in [0.29, 0.717) is 27.7 Å². The Balaban J connectivity index is 0.00000306. The van der Waals surface area contributed by atoms with Crippen molar-refractivity contribution in [2.75, 3.05) is 5.32 Å². The van der Waals surface area contributed by atoms with Crippen molar-refractivity contribution in [2.24, 2.45) is 0 Å². The molecular weight excluding hydrogens is 464 g/mol. The molecule has 0 aliphatic rings. The molecule has 0 spiro atoms. The summed E-state index contributed by atoms with van der Waals surface area (Å²) in [4.78, 5) is 16.4. The monoisotopic (exact) mass is 478 g/mol. The number of nitrogens with zero attached hydrogens (tertiary/aromatic N) is 3. The molecule has 4 aromatic rings. The molecule has 0 aliphatic heterocycles. The highest BCUT2D eigenvalue weighted by Gasteiger charge is 2.35. The van der Waals surface area contributed by atoms with Gasteiger partial charge >= 0.3 is 6.18 Å². The summed E-state index contributed by atoms with van der Waals surface area (Å²) in [6, 6.07) is 16.6.